The molecule has 0 aliphatic heterocycles. The third-order valence-corrected chi connectivity index (χ3v) is 2.50. The fourth-order valence-corrected chi connectivity index (χ4v) is 1.34. The summed E-state index contributed by atoms with van der Waals surface area (Å²) in [4.78, 5) is 0. The number of ether oxygens (including phenoxy) is 1. The van der Waals surface area contributed by atoms with E-state index in [0.29, 0.717) is 0 Å². The Morgan fingerprint density at radius 3 is 1.83 bits per heavy atom. The van der Waals surface area contributed by atoms with Crippen molar-refractivity contribution in [3.8, 4) is 0 Å². The smallest absolute Gasteiger partial charge is 0.334 e. The molecule has 0 spiro atoms. The van der Waals surface area contributed by atoms with Crippen LogP contribution in [0.5, 0.6) is 0 Å². The van der Waals surface area contributed by atoms with Crippen LogP contribution in [0.25, 0.3) is 0 Å². The van der Waals surface area contributed by atoms with Gasteiger partial charge in [-0.25, -0.2) is 13.2 Å². The summed E-state index contributed by atoms with van der Waals surface area (Å²) in [7, 11) is 0. The summed E-state index contributed by atoms with van der Waals surface area (Å²) < 4.78 is 116. The Kier molecular flexibility index (Phi) is 3.57. The van der Waals surface area contributed by atoms with E-state index in [-0.39, 0.29) is 0 Å². The van der Waals surface area contributed by atoms with Gasteiger partial charge in [-0.2, -0.15) is 26.3 Å². The van der Waals surface area contributed by atoms with E-state index in [1.807, 2.05) is 0 Å². The van der Waals surface area contributed by atoms with Crippen molar-refractivity contribution in [1.29, 1.82) is 0 Å². The van der Waals surface area contributed by atoms with Crippen LogP contribution < -0.4 is 0 Å². The molecule has 0 radical (unpaired) electrons. The van der Waals surface area contributed by atoms with Gasteiger partial charge in [0.05, 0.1) is 0 Å². The van der Waals surface area contributed by atoms with Crippen LogP contribution in [-0.4, -0.2) is 36.7 Å². The van der Waals surface area contributed by atoms with Gasteiger partial charge in [0.1, 0.15) is 6.61 Å². The Morgan fingerprint density at radius 2 is 1.50 bits per heavy atom. The molecule has 108 valence electrons. The van der Waals surface area contributed by atoms with Gasteiger partial charge in [-0.3, -0.25) is 0 Å². The highest BCUT2D eigenvalue weighted by molar-refractivity contribution is 5.04. The summed E-state index contributed by atoms with van der Waals surface area (Å²) >= 11 is 0. The normalized spacial score (nSPS) is 31.0. The minimum absolute atomic E-state index is 1.56. The van der Waals surface area contributed by atoms with Crippen molar-refractivity contribution in [3.05, 3.63) is 0 Å². The van der Waals surface area contributed by atoms with Crippen LogP contribution >= 0.6 is 0 Å². The first-order valence-electron chi connectivity index (χ1n) is 4.60. The van der Waals surface area contributed by atoms with Crippen molar-refractivity contribution >= 4 is 0 Å². The first-order valence-corrected chi connectivity index (χ1v) is 4.60. The van der Waals surface area contributed by atoms with Crippen molar-refractivity contribution in [3.63, 3.8) is 0 Å². The number of halogens is 9. The van der Waals surface area contributed by atoms with Crippen LogP contribution in [0.3, 0.4) is 0 Å². The Morgan fingerprint density at radius 1 is 1.00 bits per heavy atom. The molecule has 1 rings (SSSR count). The highest BCUT2D eigenvalue weighted by Gasteiger charge is 2.76. The van der Waals surface area contributed by atoms with Crippen LogP contribution in [0.15, 0.2) is 0 Å². The molecule has 0 saturated heterocycles. The first-order chi connectivity index (χ1) is 7.86. The van der Waals surface area contributed by atoms with Crippen LogP contribution in [0.2, 0.25) is 0 Å². The van der Waals surface area contributed by atoms with Gasteiger partial charge < -0.3 is 4.74 Å². The van der Waals surface area contributed by atoms with Gasteiger partial charge in [0.25, 0.3) is 5.85 Å². The molecule has 1 unspecified atom stereocenters. The fraction of sp³-hybridized carbons (Fsp3) is 1.00. The zero-order chi connectivity index (χ0) is 14.4. The van der Waals surface area contributed by atoms with Crippen LogP contribution in [-0.2, 0) is 4.74 Å². The minimum atomic E-state index is -5.35. The molecule has 1 atom stereocenters. The Balaban J connectivity index is 2.79. The SMILES string of the molecule is FC(F)C(F)(F)COC1(F)CCC(F)(F)C1(F)F. The second kappa shape index (κ2) is 4.17. The predicted octanol–water partition coefficient (Wildman–Crippen LogP) is 3.63. The molecule has 18 heavy (non-hydrogen) atoms. The summed E-state index contributed by atoms with van der Waals surface area (Å²) in [6.45, 7) is -2.41. The lowest BCUT2D eigenvalue weighted by molar-refractivity contribution is -0.329. The topological polar surface area (TPSA) is 9.23 Å². The van der Waals surface area contributed by atoms with E-state index in [1.165, 1.54) is 0 Å². The molecule has 0 aromatic rings. The molecule has 1 aliphatic rings. The molecule has 0 amide bonds. The van der Waals surface area contributed by atoms with Crippen molar-refractivity contribution in [2.24, 2.45) is 0 Å². The van der Waals surface area contributed by atoms with Gasteiger partial charge in [0, 0.05) is 12.8 Å². The fourth-order valence-electron chi connectivity index (χ4n) is 1.34. The van der Waals surface area contributed by atoms with E-state index in [2.05, 4.69) is 4.74 Å². The largest absolute Gasteiger partial charge is 0.367 e. The van der Waals surface area contributed by atoms with E-state index in [1.54, 1.807) is 0 Å². The molecule has 10 heteroatoms. The van der Waals surface area contributed by atoms with E-state index in [0.717, 1.165) is 0 Å². The summed E-state index contributed by atoms with van der Waals surface area (Å²) in [5, 5.41) is 0. The number of hydrogen-bond donors (Lipinski definition) is 0. The maximum Gasteiger partial charge on any atom is 0.367 e. The summed E-state index contributed by atoms with van der Waals surface area (Å²) in [5.74, 6) is -19.4. The molecule has 0 heterocycles. The van der Waals surface area contributed by atoms with Crippen molar-refractivity contribution < 1.29 is 44.3 Å². The van der Waals surface area contributed by atoms with E-state index < -0.39 is 49.5 Å². The third-order valence-electron chi connectivity index (χ3n) is 2.50. The maximum atomic E-state index is 13.3. The van der Waals surface area contributed by atoms with Gasteiger partial charge in [0.2, 0.25) is 0 Å². The van der Waals surface area contributed by atoms with Crippen LogP contribution in [0.1, 0.15) is 12.8 Å². The molecule has 1 fully saturated rings. The van der Waals surface area contributed by atoms with E-state index >= 15 is 0 Å². The molecule has 1 aliphatic carbocycles. The minimum Gasteiger partial charge on any atom is -0.334 e. The van der Waals surface area contributed by atoms with Gasteiger partial charge in [-0.05, 0) is 0 Å². The Bertz CT molecular complexity index is 316. The van der Waals surface area contributed by atoms with Gasteiger partial charge in [-0.1, -0.05) is 0 Å². The zero-order valence-electron chi connectivity index (χ0n) is 8.51. The standard InChI is InChI=1S/C8H7F9O/c9-4(10)5(11,12)3-18-7(15)2-1-6(13,14)8(7,16)17/h4H,1-3H2. The van der Waals surface area contributed by atoms with Gasteiger partial charge >= 0.3 is 24.2 Å². The number of rotatable bonds is 4. The highest BCUT2D eigenvalue weighted by atomic mass is 19.3. The Hall–Kier alpha value is -0.670. The second-order valence-electron chi connectivity index (χ2n) is 3.86. The average Bonchev–Trinajstić information content (AvgIpc) is 2.37. The average molecular weight is 290 g/mol. The van der Waals surface area contributed by atoms with Crippen LogP contribution in [0, 0.1) is 0 Å². The summed E-state index contributed by atoms with van der Waals surface area (Å²) in [5.41, 5.74) is 0. The van der Waals surface area contributed by atoms with Gasteiger partial charge in [-0.15, -0.1) is 0 Å². The van der Waals surface area contributed by atoms with Crippen molar-refractivity contribution in [2.45, 2.75) is 42.9 Å². The molecular weight excluding hydrogens is 283 g/mol. The lowest BCUT2D eigenvalue weighted by atomic mass is 10.2. The summed E-state index contributed by atoms with van der Waals surface area (Å²) in [6.07, 6.45) is -7.47. The Labute approximate surface area is 94.9 Å². The number of alkyl halides is 9. The van der Waals surface area contributed by atoms with Crippen molar-refractivity contribution in [2.75, 3.05) is 6.61 Å². The predicted molar refractivity (Wildman–Crippen MR) is 39.9 cm³/mol. The quantitative estimate of drug-likeness (QED) is 0.718. The molecule has 0 N–H and O–H groups in total. The molecule has 1 saturated carbocycles. The number of hydrogen-bond acceptors (Lipinski definition) is 1. The first kappa shape index (κ1) is 15.4. The molecule has 0 aromatic carbocycles. The monoisotopic (exact) mass is 290 g/mol. The molecular formula is C8H7F9O. The third kappa shape index (κ3) is 2.26. The van der Waals surface area contributed by atoms with Crippen LogP contribution in [0.4, 0.5) is 39.5 Å². The van der Waals surface area contributed by atoms with E-state index in [4.69, 9.17) is 0 Å². The lowest BCUT2D eigenvalue weighted by Crippen LogP contribution is -2.52. The lowest BCUT2D eigenvalue weighted by Gasteiger charge is -2.30. The second-order valence-corrected chi connectivity index (χ2v) is 3.86. The van der Waals surface area contributed by atoms with Crippen molar-refractivity contribution in [1.82, 2.24) is 0 Å². The maximum absolute atomic E-state index is 13.3. The zero-order valence-corrected chi connectivity index (χ0v) is 8.51. The highest BCUT2D eigenvalue weighted by Crippen LogP contribution is 2.56. The summed E-state index contributed by atoms with van der Waals surface area (Å²) in [6, 6.07) is 0. The molecule has 0 bridgehead atoms. The molecule has 0 aromatic heterocycles. The molecule has 1 nitrogen and oxygen atoms in total. The van der Waals surface area contributed by atoms with Gasteiger partial charge in [0.15, 0.2) is 0 Å². The van der Waals surface area contributed by atoms with E-state index in [9.17, 15) is 39.5 Å².